The van der Waals surface area contributed by atoms with Crippen LogP contribution < -0.4 is 5.32 Å². The van der Waals surface area contributed by atoms with E-state index in [0.717, 1.165) is 0 Å². The van der Waals surface area contributed by atoms with Gasteiger partial charge < -0.3 is 15.2 Å². The molecule has 2 heterocycles. The van der Waals surface area contributed by atoms with E-state index in [2.05, 4.69) is 15.3 Å². The molecule has 5 heteroatoms. The van der Waals surface area contributed by atoms with Gasteiger partial charge in [-0.15, -0.1) is 0 Å². The Kier molecular flexibility index (Phi) is 3.31. The number of aliphatic hydroxyl groups excluding tert-OH is 2. The second-order valence-electron chi connectivity index (χ2n) is 3.38. The van der Waals surface area contributed by atoms with Crippen LogP contribution in [0, 0.1) is 0 Å². The van der Waals surface area contributed by atoms with Gasteiger partial charge in [0.05, 0.1) is 5.69 Å². The van der Waals surface area contributed by atoms with Crippen molar-refractivity contribution in [3.63, 3.8) is 0 Å². The van der Waals surface area contributed by atoms with Gasteiger partial charge in [-0.2, -0.15) is 0 Å². The summed E-state index contributed by atoms with van der Waals surface area (Å²) in [7, 11) is 0. The Bertz CT molecular complexity index is 416. The number of aromatic amines is 1. The highest BCUT2D eigenvalue weighted by molar-refractivity contribution is 5.12. The fraction of sp³-hybridized carbons (Fsp3) is 0.182. The van der Waals surface area contributed by atoms with Crippen LogP contribution in [0.5, 0.6) is 0 Å². The third kappa shape index (κ3) is 2.46. The van der Waals surface area contributed by atoms with Crippen molar-refractivity contribution in [1.29, 1.82) is 0 Å². The number of nitrogens with one attached hydrogen (secondary N) is 2. The summed E-state index contributed by atoms with van der Waals surface area (Å²) in [6.45, 7) is 0. The maximum atomic E-state index is 9.76. The molecule has 2 atom stereocenters. The van der Waals surface area contributed by atoms with Crippen molar-refractivity contribution in [2.24, 2.45) is 0 Å². The van der Waals surface area contributed by atoms with Crippen molar-refractivity contribution in [3.05, 3.63) is 54.1 Å². The molecule has 16 heavy (non-hydrogen) atoms. The standard InChI is InChI=1S/C11H13N3O2/c15-10(8-3-1-5-12-7-8)14-11(16)9-4-2-6-13-9/h1-7,10-11,13-16H. The first-order valence-electron chi connectivity index (χ1n) is 4.93. The lowest BCUT2D eigenvalue weighted by Gasteiger charge is -2.17. The highest BCUT2D eigenvalue weighted by Gasteiger charge is 2.14. The molecule has 84 valence electrons. The number of hydrogen-bond donors (Lipinski definition) is 4. The molecule has 2 rings (SSSR count). The van der Waals surface area contributed by atoms with E-state index in [9.17, 15) is 10.2 Å². The molecule has 2 aromatic heterocycles. The lowest BCUT2D eigenvalue weighted by Crippen LogP contribution is -2.26. The molecule has 0 spiro atoms. The topological polar surface area (TPSA) is 81.2 Å². The quantitative estimate of drug-likeness (QED) is 0.570. The van der Waals surface area contributed by atoms with E-state index in [0.29, 0.717) is 11.3 Å². The van der Waals surface area contributed by atoms with Gasteiger partial charge in [0.15, 0.2) is 0 Å². The first-order chi connectivity index (χ1) is 7.77. The average Bonchev–Trinajstić information content (AvgIpc) is 2.83. The second-order valence-corrected chi connectivity index (χ2v) is 3.38. The smallest absolute Gasteiger partial charge is 0.148 e. The summed E-state index contributed by atoms with van der Waals surface area (Å²) >= 11 is 0. The second kappa shape index (κ2) is 4.89. The van der Waals surface area contributed by atoms with Crippen molar-refractivity contribution in [2.75, 3.05) is 0 Å². The third-order valence-corrected chi connectivity index (χ3v) is 2.23. The Morgan fingerprint density at radius 3 is 2.69 bits per heavy atom. The third-order valence-electron chi connectivity index (χ3n) is 2.23. The molecule has 0 aromatic carbocycles. The minimum atomic E-state index is -0.952. The fourth-order valence-electron chi connectivity index (χ4n) is 1.39. The number of aromatic nitrogens is 2. The van der Waals surface area contributed by atoms with Crippen LogP contribution in [0.1, 0.15) is 23.7 Å². The summed E-state index contributed by atoms with van der Waals surface area (Å²) in [5.41, 5.74) is 1.20. The highest BCUT2D eigenvalue weighted by atomic mass is 16.3. The van der Waals surface area contributed by atoms with Gasteiger partial charge in [-0.1, -0.05) is 6.07 Å². The van der Waals surface area contributed by atoms with Gasteiger partial charge in [0.1, 0.15) is 12.5 Å². The Morgan fingerprint density at radius 1 is 1.19 bits per heavy atom. The molecule has 0 fully saturated rings. The van der Waals surface area contributed by atoms with E-state index in [4.69, 9.17) is 0 Å². The first-order valence-corrected chi connectivity index (χ1v) is 4.93. The Labute approximate surface area is 92.8 Å². The number of hydrogen-bond acceptors (Lipinski definition) is 4. The molecule has 0 aliphatic rings. The van der Waals surface area contributed by atoms with Crippen LogP contribution in [0.25, 0.3) is 0 Å². The van der Waals surface area contributed by atoms with E-state index in [1.807, 2.05) is 0 Å². The normalized spacial score (nSPS) is 14.6. The molecule has 5 nitrogen and oxygen atoms in total. The summed E-state index contributed by atoms with van der Waals surface area (Å²) < 4.78 is 0. The number of pyridine rings is 1. The van der Waals surface area contributed by atoms with Crippen molar-refractivity contribution < 1.29 is 10.2 Å². The van der Waals surface area contributed by atoms with Crippen LogP contribution in [0.15, 0.2) is 42.9 Å². The summed E-state index contributed by atoms with van der Waals surface area (Å²) in [5, 5.41) is 22.1. The van der Waals surface area contributed by atoms with Gasteiger partial charge in [-0.25, -0.2) is 0 Å². The van der Waals surface area contributed by atoms with Crippen molar-refractivity contribution >= 4 is 0 Å². The van der Waals surface area contributed by atoms with E-state index in [1.54, 1.807) is 42.9 Å². The van der Waals surface area contributed by atoms with Crippen molar-refractivity contribution in [2.45, 2.75) is 12.5 Å². The Balaban J connectivity index is 2.00. The maximum Gasteiger partial charge on any atom is 0.148 e. The molecule has 2 aromatic rings. The highest BCUT2D eigenvalue weighted by Crippen LogP contribution is 2.13. The molecule has 0 saturated heterocycles. The van der Waals surface area contributed by atoms with Gasteiger partial charge in [-0.3, -0.25) is 10.3 Å². The summed E-state index contributed by atoms with van der Waals surface area (Å²) in [4.78, 5) is 6.74. The lowest BCUT2D eigenvalue weighted by atomic mass is 10.2. The monoisotopic (exact) mass is 219 g/mol. The molecule has 0 aliphatic carbocycles. The molecule has 2 unspecified atom stereocenters. The van der Waals surface area contributed by atoms with Crippen LogP contribution in [0.2, 0.25) is 0 Å². The van der Waals surface area contributed by atoms with Crippen LogP contribution in [-0.2, 0) is 0 Å². The van der Waals surface area contributed by atoms with E-state index in [-0.39, 0.29) is 0 Å². The minimum Gasteiger partial charge on any atom is -0.374 e. The van der Waals surface area contributed by atoms with Gasteiger partial charge in [0.25, 0.3) is 0 Å². The predicted molar refractivity (Wildman–Crippen MR) is 58.1 cm³/mol. The van der Waals surface area contributed by atoms with Gasteiger partial charge >= 0.3 is 0 Å². The molecule has 0 aliphatic heterocycles. The molecule has 0 amide bonds. The number of nitrogens with zero attached hydrogens (tertiary/aromatic N) is 1. The zero-order chi connectivity index (χ0) is 11.4. The summed E-state index contributed by atoms with van der Waals surface area (Å²) in [6.07, 6.45) is 2.98. The van der Waals surface area contributed by atoms with E-state index in [1.165, 1.54) is 0 Å². The van der Waals surface area contributed by atoms with Gasteiger partial charge in [0, 0.05) is 24.2 Å². The summed E-state index contributed by atoms with van der Waals surface area (Å²) in [5.74, 6) is 0. The lowest BCUT2D eigenvalue weighted by molar-refractivity contribution is 0.0387. The zero-order valence-corrected chi connectivity index (χ0v) is 8.54. The molecular weight excluding hydrogens is 206 g/mol. The molecule has 4 N–H and O–H groups in total. The molecule has 0 bridgehead atoms. The largest absolute Gasteiger partial charge is 0.374 e. The zero-order valence-electron chi connectivity index (χ0n) is 8.54. The first kappa shape index (κ1) is 10.8. The van der Waals surface area contributed by atoms with Crippen LogP contribution in [0.3, 0.4) is 0 Å². The van der Waals surface area contributed by atoms with Crippen LogP contribution >= 0.6 is 0 Å². The minimum absolute atomic E-state index is 0.600. The maximum absolute atomic E-state index is 9.76. The molecule has 0 saturated carbocycles. The van der Waals surface area contributed by atoms with Crippen LogP contribution in [0.4, 0.5) is 0 Å². The molecular formula is C11H13N3O2. The Morgan fingerprint density at radius 2 is 2.06 bits per heavy atom. The number of rotatable bonds is 4. The van der Waals surface area contributed by atoms with Gasteiger partial charge in [0.2, 0.25) is 0 Å². The number of aliphatic hydroxyl groups is 2. The summed E-state index contributed by atoms with van der Waals surface area (Å²) in [6, 6.07) is 6.96. The van der Waals surface area contributed by atoms with E-state index >= 15 is 0 Å². The van der Waals surface area contributed by atoms with Crippen molar-refractivity contribution in [3.8, 4) is 0 Å². The predicted octanol–water partition coefficient (Wildman–Crippen LogP) is 0.681. The van der Waals surface area contributed by atoms with E-state index < -0.39 is 12.5 Å². The van der Waals surface area contributed by atoms with Gasteiger partial charge in [-0.05, 0) is 18.2 Å². The fourth-order valence-corrected chi connectivity index (χ4v) is 1.39. The Hall–Kier alpha value is -1.69. The van der Waals surface area contributed by atoms with Crippen molar-refractivity contribution in [1.82, 2.24) is 15.3 Å². The van der Waals surface area contributed by atoms with Crippen LogP contribution in [-0.4, -0.2) is 20.2 Å². The molecule has 0 radical (unpaired) electrons. The number of H-pyrrole nitrogens is 1. The SMILES string of the molecule is OC(NC(O)c1ccc[nH]1)c1cccnc1. The average molecular weight is 219 g/mol.